The Morgan fingerprint density at radius 1 is 1.38 bits per heavy atom. The molecule has 0 aliphatic carbocycles. The topological polar surface area (TPSA) is 21.3 Å². The molecule has 88 valence electrons. The maximum atomic E-state index is 5.46. The molecule has 1 unspecified atom stereocenters. The zero-order valence-electron chi connectivity index (χ0n) is 9.85. The summed E-state index contributed by atoms with van der Waals surface area (Å²) in [6.45, 7) is 3.23. The number of ether oxygens (including phenoxy) is 1. The molecule has 1 aromatic carbocycles. The van der Waals surface area contributed by atoms with Crippen LogP contribution in [0.2, 0.25) is 0 Å². The summed E-state index contributed by atoms with van der Waals surface area (Å²) in [5.74, 6) is 0.983. The van der Waals surface area contributed by atoms with Crippen molar-refractivity contribution in [2.75, 3.05) is 13.7 Å². The molecular weight excluding hydrogens is 266 g/mol. The molecule has 0 amide bonds. The Morgan fingerprint density at radius 2 is 2.19 bits per heavy atom. The van der Waals surface area contributed by atoms with E-state index in [0.717, 1.165) is 12.3 Å². The van der Waals surface area contributed by atoms with E-state index in [9.17, 15) is 0 Å². The first-order valence-electron chi connectivity index (χ1n) is 5.80. The number of nitrogens with one attached hydrogen (secondary N) is 1. The molecule has 3 heteroatoms. The standard InChI is InChI=1S/C13H18BrNO/c1-9-6-7-11(16-2)12(13(9)14)10-5-3-4-8-15-10/h6-7,10,15H,3-5,8H2,1-2H3. The van der Waals surface area contributed by atoms with Gasteiger partial charge in [0.15, 0.2) is 0 Å². The van der Waals surface area contributed by atoms with Gasteiger partial charge in [-0.25, -0.2) is 0 Å². The molecule has 1 aliphatic rings. The average Bonchev–Trinajstić information content (AvgIpc) is 2.33. The fourth-order valence-corrected chi connectivity index (χ4v) is 2.89. The van der Waals surface area contributed by atoms with Gasteiger partial charge in [0.05, 0.1) is 7.11 Å². The smallest absolute Gasteiger partial charge is 0.124 e. The van der Waals surface area contributed by atoms with Gasteiger partial charge in [0.25, 0.3) is 0 Å². The van der Waals surface area contributed by atoms with Gasteiger partial charge in [-0.05, 0) is 37.9 Å². The number of benzene rings is 1. The van der Waals surface area contributed by atoms with Gasteiger partial charge in [0, 0.05) is 16.1 Å². The number of halogens is 1. The van der Waals surface area contributed by atoms with Crippen LogP contribution in [0.1, 0.15) is 36.4 Å². The summed E-state index contributed by atoms with van der Waals surface area (Å²) >= 11 is 3.69. The normalized spacial score (nSPS) is 20.8. The van der Waals surface area contributed by atoms with Crippen molar-refractivity contribution in [3.63, 3.8) is 0 Å². The lowest BCUT2D eigenvalue weighted by Crippen LogP contribution is -2.27. The van der Waals surface area contributed by atoms with Crippen LogP contribution < -0.4 is 10.1 Å². The van der Waals surface area contributed by atoms with Crippen molar-refractivity contribution in [3.8, 4) is 5.75 Å². The first kappa shape index (κ1) is 11.9. The van der Waals surface area contributed by atoms with E-state index in [4.69, 9.17) is 4.74 Å². The second-order valence-corrected chi connectivity index (χ2v) is 5.11. The van der Waals surface area contributed by atoms with Crippen molar-refractivity contribution in [1.29, 1.82) is 0 Å². The number of rotatable bonds is 2. The molecule has 0 radical (unpaired) electrons. The number of aryl methyl sites for hydroxylation is 1. The lowest BCUT2D eigenvalue weighted by Gasteiger charge is -2.27. The Balaban J connectivity index is 2.39. The van der Waals surface area contributed by atoms with Crippen molar-refractivity contribution < 1.29 is 4.74 Å². The third-order valence-electron chi connectivity index (χ3n) is 3.21. The number of methoxy groups -OCH3 is 1. The fourth-order valence-electron chi connectivity index (χ4n) is 2.29. The third-order valence-corrected chi connectivity index (χ3v) is 4.26. The Bertz CT molecular complexity index is 372. The molecule has 1 N–H and O–H groups in total. The molecule has 0 bridgehead atoms. The Kier molecular flexibility index (Phi) is 3.87. The predicted octanol–water partition coefficient (Wildman–Crippen LogP) is 3.58. The summed E-state index contributed by atoms with van der Waals surface area (Å²) in [6.07, 6.45) is 3.77. The van der Waals surface area contributed by atoms with Gasteiger partial charge in [-0.2, -0.15) is 0 Å². The molecule has 0 aromatic heterocycles. The van der Waals surface area contributed by atoms with E-state index >= 15 is 0 Å². The van der Waals surface area contributed by atoms with E-state index in [0.29, 0.717) is 6.04 Å². The molecular formula is C13H18BrNO. The highest BCUT2D eigenvalue weighted by Crippen LogP contribution is 2.37. The van der Waals surface area contributed by atoms with E-state index in [1.165, 1.54) is 34.9 Å². The van der Waals surface area contributed by atoms with Crippen LogP contribution in [-0.4, -0.2) is 13.7 Å². The van der Waals surface area contributed by atoms with Crippen molar-refractivity contribution >= 4 is 15.9 Å². The molecule has 1 saturated heterocycles. The zero-order chi connectivity index (χ0) is 11.5. The molecule has 2 rings (SSSR count). The summed E-state index contributed by atoms with van der Waals surface area (Å²) in [4.78, 5) is 0. The monoisotopic (exact) mass is 283 g/mol. The average molecular weight is 284 g/mol. The Labute approximate surface area is 106 Å². The first-order valence-corrected chi connectivity index (χ1v) is 6.59. The van der Waals surface area contributed by atoms with Crippen LogP contribution in [0.25, 0.3) is 0 Å². The second-order valence-electron chi connectivity index (χ2n) is 4.31. The van der Waals surface area contributed by atoms with Crippen LogP contribution in [0.5, 0.6) is 5.75 Å². The molecule has 1 aliphatic heterocycles. The zero-order valence-corrected chi connectivity index (χ0v) is 11.4. The molecule has 1 fully saturated rings. The van der Waals surface area contributed by atoms with Crippen molar-refractivity contribution in [1.82, 2.24) is 5.32 Å². The highest BCUT2D eigenvalue weighted by Gasteiger charge is 2.21. The molecule has 1 aromatic rings. The SMILES string of the molecule is COc1ccc(C)c(Br)c1C1CCCCN1. The summed E-state index contributed by atoms with van der Waals surface area (Å²) in [7, 11) is 1.74. The molecule has 1 heterocycles. The summed E-state index contributed by atoms with van der Waals surface area (Å²) in [5.41, 5.74) is 2.55. The molecule has 0 spiro atoms. The fraction of sp³-hybridized carbons (Fsp3) is 0.538. The van der Waals surface area contributed by atoms with Crippen molar-refractivity contribution in [2.45, 2.75) is 32.2 Å². The van der Waals surface area contributed by atoms with Crippen LogP contribution in [0.3, 0.4) is 0 Å². The second kappa shape index (κ2) is 5.19. The highest BCUT2D eigenvalue weighted by atomic mass is 79.9. The van der Waals surface area contributed by atoms with Crippen LogP contribution in [0.4, 0.5) is 0 Å². The summed E-state index contributed by atoms with van der Waals surface area (Å²) in [6, 6.07) is 4.58. The number of piperidine rings is 1. The maximum absolute atomic E-state index is 5.46. The van der Waals surface area contributed by atoms with Gasteiger partial charge in [-0.15, -0.1) is 0 Å². The van der Waals surface area contributed by atoms with Crippen molar-refractivity contribution in [3.05, 3.63) is 27.7 Å². The summed E-state index contributed by atoms with van der Waals surface area (Å²) in [5, 5.41) is 3.57. The quantitative estimate of drug-likeness (QED) is 0.896. The van der Waals surface area contributed by atoms with E-state index < -0.39 is 0 Å². The van der Waals surface area contributed by atoms with Gasteiger partial charge in [-0.1, -0.05) is 28.4 Å². The van der Waals surface area contributed by atoms with E-state index in [1.807, 2.05) is 0 Å². The van der Waals surface area contributed by atoms with Crippen LogP contribution >= 0.6 is 15.9 Å². The van der Waals surface area contributed by atoms with E-state index in [1.54, 1.807) is 7.11 Å². The maximum Gasteiger partial charge on any atom is 0.124 e. The molecule has 0 saturated carbocycles. The lowest BCUT2D eigenvalue weighted by molar-refractivity contribution is 0.372. The lowest BCUT2D eigenvalue weighted by atomic mass is 9.95. The molecule has 2 nitrogen and oxygen atoms in total. The van der Waals surface area contributed by atoms with Gasteiger partial charge >= 0.3 is 0 Å². The van der Waals surface area contributed by atoms with E-state index in [2.05, 4.69) is 40.3 Å². The molecule has 16 heavy (non-hydrogen) atoms. The van der Waals surface area contributed by atoms with Gasteiger partial charge in [0.1, 0.15) is 5.75 Å². The van der Waals surface area contributed by atoms with Gasteiger partial charge in [0.2, 0.25) is 0 Å². The van der Waals surface area contributed by atoms with Crippen LogP contribution in [0, 0.1) is 6.92 Å². The van der Waals surface area contributed by atoms with Gasteiger partial charge in [-0.3, -0.25) is 0 Å². The largest absolute Gasteiger partial charge is 0.496 e. The van der Waals surface area contributed by atoms with Crippen LogP contribution in [-0.2, 0) is 0 Å². The number of hydrogen-bond donors (Lipinski definition) is 1. The van der Waals surface area contributed by atoms with Crippen LogP contribution in [0.15, 0.2) is 16.6 Å². The van der Waals surface area contributed by atoms with Crippen molar-refractivity contribution in [2.24, 2.45) is 0 Å². The molecule has 1 atom stereocenters. The highest BCUT2D eigenvalue weighted by molar-refractivity contribution is 9.10. The van der Waals surface area contributed by atoms with E-state index in [-0.39, 0.29) is 0 Å². The van der Waals surface area contributed by atoms with Gasteiger partial charge < -0.3 is 10.1 Å². The predicted molar refractivity (Wildman–Crippen MR) is 70.0 cm³/mol. The minimum absolute atomic E-state index is 0.429. The first-order chi connectivity index (χ1) is 7.74. The minimum atomic E-state index is 0.429. The number of hydrogen-bond acceptors (Lipinski definition) is 2. The minimum Gasteiger partial charge on any atom is -0.496 e. The Hall–Kier alpha value is -0.540. The Morgan fingerprint density at radius 3 is 2.81 bits per heavy atom. The summed E-state index contributed by atoms with van der Waals surface area (Å²) < 4.78 is 6.65. The third kappa shape index (κ3) is 2.25.